The number of hydrogen-bond acceptors (Lipinski definition) is 5. The molecule has 2 rings (SSSR count). The highest BCUT2D eigenvalue weighted by molar-refractivity contribution is 7.89. The van der Waals surface area contributed by atoms with Crippen LogP contribution in [0, 0.1) is 25.7 Å². The molecule has 24 heavy (non-hydrogen) atoms. The van der Waals surface area contributed by atoms with Crippen LogP contribution in [0.4, 0.5) is 0 Å². The highest BCUT2D eigenvalue weighted by Crippen LogP contribution is 2.30. The van der Waals surface area contributed by atoms with Crippen molar-refractivity contribution in [3.63, 3.8) is 0 Å². The first-order valence-electron chi connectivity index (χ1n) is 8.49. The maximum Gasteiger partial charge on any atom is 0.248 e. The van der Waals surface area contributed by atoms with Crippen molar-refractivity contribution < 1.29 is 17.7 Å². The number of nitrogens with zero attached hydrogens (tertiary/aromatic N) is 2. The number of aromatic nitrogens is 1. The van der Waals surface area contributed by atoms with Crippen LogP contribution in [0.2, 0.25) is 0 Å². The Balaban J connectivity index is 2.01. The Morgan fingerprint density at radius 2 is 2.00 bits per heavy atom. The molecule has 1 aromatic heterocycles. The van der Waals surface area contributed by atoms with Crippen LogP contribution in [0.25, 0.3) is 0 Å². The van der Waals surface area contributed by atoms with E-state index in [1.54, 1.807) is 13.8 Å². The van der Waals surface area contributed by atoms with Gasteiger partial charge in [-0.15, -0.1) is 0 Å². The number of hydrogen-bond donors (Lipinski definition) is 1. The summed E-state index contributed by atoms with van der Waals surface area (Å²) in [4.78, 5) is 12.3. The van der Waals surface area contributed by atoms with E-state index in [2.05, 4.69) is 10.5 Å². The lowest BCUT2D eigenvalue weighted by molar-refractivity contribution is -0.126. The molecule has 1 N–H and O–H groups in total. The fraction of sp³-hybridized carbons (Fsp3) is 0.750. The average molecular weight is 357 g/mol. The van der Waals surface area contributed by atoms with Crippen molar-refractivity contribution in [2.45, 2.75) is 51.9 Å². The summed E-state index contributed by atoms with van der Waals surface area (Å²) in [5, 5.41) is 6.66. The summed E-state index contributed by atoms with van der Waals surface area (Å²) in [5.74, 6) is 0.490. The van der Waals surface area contributed by atoms with Crippen molar-refractivity contribution in [1.82, 2.24) is 14.8 Å². The maximum absolute atomic E-state index is 12.8. The molecular weight excluding hydrogens is 330 g/mol. The van der Waals surface area contributed by atoms with Gasteiger partial charge in [-0.2, -0.15) is 4.31 Å². The molecule has 0 bridgehead atoms. The normalized spacial score (nSPS) is 18.5. The van der Waals surface area contributed by atoms with Crippen molar-refractivity contribution in [3.05, 3.63) is 11.5 Å². The van der Waals surface area contributed by atoms with Crippen molar-refractivity contribution in [2.24, 2.45) is 11.8 Å². The second-order valence-electron chi connectivity index (χ2n) is 6.47. The largest absolute Gasteiger partial charge is 0.360 e. The molecule has 0 radical (unpaired) electrons. The van der Waals surface area contributed by atoms with Gasteiger partial charge in [-0.1, -0.05) is 19.0 Å². The van der Waals surface area contributed by atoms with E-state index < -0.39 is 10.0 Å². The Labute approximate surface area is 143 Å². The molecule has 1 amide bonds. The summed E-state index contributed by atoms with van der Waals surface area (Å²) in [6.07, 6.45) is 2.28. The summed E-state index contributed by atoms with van der Waals surface area (Å²) in [6, 6.07) is 0. The molecule has 1 atom stereocenters. The number of nitrogens with one attached hydrogen (secondary N) is 1. The molecule has 0 aromatic carbocycles. The Bertz CT molecular complexity index is 656. The smallest absolute Gasteiger partial charge is 0.248 e. The molecule has 136 valence electrons. The summed E-state index contributed by atoms with van der Waals surface area (Å²) < 4.78 is 32.0. The molecule has 0 aliphatic carbocycles. The van der Waals surface area contributed by atoms with Gasteiger partial charge in [-0.25, -0.2) is 8.42 Å². The predicted octanol–water partition coefficient (Wildman–Crippen LogP) is 1.85. The van der Waals surface area contributed by atoms with Gasteiger partial charge >= 0.3 is 0 Å². The lowest BCUT2D eigenvalue weighted by Crippen LogP contribution is -2.42. The number of amides is 1. The zero-order valence-electron chi connectivity index (χ0n) is 14.8. The van der Waals surface area contributed by atoms with Gasteiger partial charge < -0.3 is 9.84 Å². The molecule has 2 heterocycles. The first-order valence-corrected chi connectivity index (χ1v) is 9.93. The monoisotopic (exact) mass is 357 g/mol. The van der Waals surface area contributed by atoms with Crippen molar-refractivity contribution in [1.29, 1.82) is 0 Å². The van der Waals surface area contributed by atoms with Crippen LogP contribution in [0.1, 0.15) is 44.6 Å². The van der Waals surface area contributed by atoms with E-state index in [1.807, 2.05) is 13.8 Å². The zero-order valence-corrected chi connectivity index (χ0v) is 15.6. The first kappa shape index (κ1) is 18.9. The molecule has 1 aliphatic rings. The molecule has 7 nitrogen and oxygen atoms in total. The zero-order chi connectivity index (χ0) is 17.9. The van der Waals surface area contributed by atoms with Gasteiger partial charge in [0.1, 0.15) is 10.6 Å². The van der Waals surface area contributed by atoms with Crippen LogP contribution >= 0.6 is 0 Å². The molecule has 0 spiro atoms. The molecule has 1 fully saturated rings. The second kappa shape index (κ2) is 7.65. The van der Waals surface area contributed by atoms with E-state index in [-0.39, 0.29) is 22.6 Å². The van der Waals surface area contributed by atoms with Gasteiger partial charge in [-0.05, 0) is 39.0 Å². The fourth-order valence-electron chi connectivity index (χ4n) is 3.21. The van der Waals surface area contributed by atoms with Gasteiger partial charge in [0.05, 0.1) is 0 Å². The lowest BCUT2D eigenvalue weighted by Gasteiger charge is -2.33. The van der Waals surface area contributed by atoms with Crippen LogP contribution in [0.3, 0.4) is 0 Å². The summed E-state index contributed by atoms with van der Waals surface area (Å²) >= 11 is 0. The second-order valence-corrected chi connectivity index (χ2v) is 8.35. The molecule has 1 aromatic rings. The summed E-state index contributed by atoms with van der Waals surface area (Å²) in [5.41, 5.74) is 0.391. The van der Waals surface area contributed by atoms with Crippen LogP contribution in [0.5, 0.6) is 0 Å². The highest BCUT2D eigenvalue weighted by Gasteiger charge is 2.36. The third-order valence-corrected chi connectivity index (χ3v) is 6.88. The van der Waals surface area contributed by atoms with Crippen molar-refractivity contribution in [3.8, 4) is 0 Å². The molecule has 1 saturated heterocycles. The number of piperidine rings is 1. The van der Waals surface area contributed by atoms with E-state index in [0.29, 0.717) is 43.9 Å². The van der Waals surface area contributed by atoms with E-state index in [1.165, 1.54) is 4.31 Å². The Hall–Kier alpha value is -1.41. The Morgan fingerprint density at radius 1 is 1.38 bits per heavy atom. The molecule has 1 aliphatic heterocycles. The SMILES string of the molecule is CCCNC(=O)C(C)C1CCN(S(=O)(=O)c2c(C)noc2C)CC1. The number of carbonyl (C=O) groups is 1. The summed E-state index contributed by atoms with van der Waals surface area (Å²) in [7, 11) is -3.59. The van der Waals surface area contributed by atoms with E-state index in [0.717, 1.165) is 6.42 Å². The number of rotatable bonds is 6. The number of carbonyl (C=O) groups excluding carboxylic acids is 1. The van der Waals surface area contributed by atoms with Gasteiger partial charge in [-0.3, -0.25) is 4.79 Å². The van der Waals surface area contributed by atoms with Gasteiger partial charge in [0.15, 0.2) is 5.76 Å². The van der Waals surface area contributed by atoms with Crippen LogP contribution < -0.4 is 5.32 Å². The minimum atomic E-state index is -3.59. The number of aryl methyl sites for hydroxylation is 2. The molecule has 1 unspecified atom stereocenters. The van der Waals surface area contributed by atoms with Crippen molar-refractivity contribution >= 4 is 15.9 Å². The quantitative estimate of drug-likeness (QED) is 0.839. The fourth-order valence-corrected chi connectivity index (χ4v) is 4.97. The standard InChI is InChI=1S/C16H27N3O4S/c1-5-8-17-16(20)11(2)14-6-9-19(10-7-14)24(21,22)15-12(3)18-23-13(15)4/h11,14H,5-10H2,1-4H3,(H,17,20). The highest BCUT2D eigenvalue weighted by atomic mass is 32.2. The Kier molecular flexibility index (Phi) is 6.03. The molecular formula is C16H27N3O4S. The first-order chi connectivity index (χ1) is 11.3. The van der Waals surface area contributed by atoms with Gasteiger partial charge in [0, 0.05) is 25.6 Å². The van der Waals surface area contributed by atoms with Gasteiger partial charge in [0.25, 0.3) is 0 Å². The third-order valence-electron chi connectivity index (χ3n) is 4.73. The number of sulfonamides is 1. The van der Waals surface area contributed by atoms with Gasteiger partial charge in [0.2, 0.25) is 15.9 Å². The van der Waals surface area contributed by atoms with Crippen LogP contribution in [0.15, 0.2) is 9.42 Å². The minimum absolute atomic E-state index is 0.0591. The average Bonchev–Trinajstić information content (AvgIpc) is 2.91. The molecule has 0 saturated carbocycles. The van der Waals surface area contributed by atoms with E-state index >= 15 is 0 Å². The molecule has 8 heteroatoms. The summed E-state index contributed by atoms with van der Waals surface area (Å²) in [6.45, 7) is 8.71. The maximum atomic E-state index is 12.8. The Morgan fingerprint density at radius 3 is 2.50 bits per heavy atom. The topological polar surface area (TPSA) is 92.5 Å². The predicted molar refractivity (Wildman–Crippen MR) is 89.9 cm³/mol. The van der Waals surface area contributed by atoms with Crippen molar-refractivity contribution in [2.75, 3.05) is 19.6 Å². The van der Waals surface area contributed by atoms with Crippen LogP contribution in [-0.2, 0) is 14.8 Å². The van der Waals surface area contributed by atoms with Crippen LogP contribution in [-0.4, -0.2) is 43.4 Å². The third kappa shape index (κ3) is 3.80. The minimum Gasteiger partial charge on any atom is -0.360 e. The van der Waals surface area contributed by atoms with E-state index in [4.69, 9.17) is 4.52 Å². The lowest BCUT2D eigenvalue weighted by atomic mass is 9.85. The van der Waals surface area contributed by atoms with E-state index in [9.17, 15) is 13.2 Å².